The largest absolute Gasteiger partial charge is 0.493 e. The van der Waals surface area contributed by atoms with E-state index in [9.17, 15) is 4.79 Å². The predicted octanol–water partition coefficient (Wildman–Crippen LogP) is 3.11. The highest BCUT2D eigenvalue weighted by Gasteiger charge is 2.34. The van der Waals surface area contributed by atoms with Crippen LogP contribution in [0.15, 0.2) is 18.3 Å². The zero-order chi connectivity index (χ0) is 20.4. The Balaban J connectivity index is 2.40. The van der Waals surface area contributed by atoms with E-state index in [1.165, 1.54) is 6.20 Å². The molecule has 1 aromatic carbocycles. The van der Waals surface area contributed by atoms with Gasteiger partial charge in [-0.05, 0) is 43.4 Å². The number of aromatic carboxylic acids is 1. The van der Waals surface area contributed by atoms with Crippen molar-refractivity contribution in [2.45, 2.75) is 45.1 Å². The third-order valence-electron chi connectivity index (χ3n) is 4.65. The van der Waals surface area contributed by atoms with E-state index in [0.29, 0.717) is 23.7 Å². The molecule has 0 fully saturated rings. The lowest BCUT2D eigenvalue weighted by molar-refractivity contribution is 0.0690. The quantitative estimate of drug-likeness (QED) is 0.755. The van der Waals surface area contributed by atoms with E-state index in [0.717, 1.165) is 5.56 Å². The van der Waals surface area contributed by atoms with Gasteiger partial charge in [0, 0.05) is 0 Å². The van der Waals surface area contributed by atoms with Crippen LogP contribution >= 0.6 is 0 Å². The van der Waals surface area contributed by atoms with Crippen molar-refractivity contribution < 1.29 is 24.1 Å². The van der Waals surface area contributed by atoms with Crippen molar-refractivity contribution in [2.24, 2.45) is 0 Å². The van der Waals surface area contributed by atoms with Crippen LogP contribution in [-0.2, 0) is 11.0 Å². The first-order valence-electron chi connectivity index (χ1n) is 8.52. The van der Waals surface area contributed by atoms with Gasteiger partial charge in [0.25, 0.3) is 0 Å². The van der Waals surface area contributed by atoms with Crippen LogP contribution in [0.3, 0.4) is 0 Å². The van der Waals surface area contributed by atoms with E-state index >= 15 is 0 Å². The van der Waals surface area contributed by atoms with Gasteiger partial charge in [0.15, 0.2) is 17.2 Å². The highest BCUT2D eigenvalue weighted by atomic mass is 16.5. The summed E-state index contributed by atoms with van der Waals surface area (Å²) in [5, 5.41) is 16.8. The maximum Gasteiger partial charge on any atom is 0.358 e. The van der Waals surface area contributed by atoms with E-state index in [1.807, 2.05) is 26.0 Å². The molecule has 0 aliphatic rings. The Morgan fingerprint density at radius 1 is 1.07 bits per heavy atom. The molecule has 1 N–H and O–H groups in total. The first-order chi connectivity index (χ1) is 12.6. The van der Waals surface area contributed by atoms with Gasteiger partial charge in [-0.1, -0.05) is 19.1 Å². The van der Waals surface area contributed by atoms with Crippen LogP contribution in [0.2, 0.25) is 0 Å². The van der Waals surface area contributed by atoms with Crippen molar-refractivity contribution in [2.75, 3.05) is 21.3 Å². The number of ether oxygens (including phenoxy) is 3. The van der Waals surface area contributed by atoms with Gasteiger partial charge in [0.05, 0.1) is 33.1 Å². The van der Waals surface area contributed by atoms with E-state index in [-0.39, 0.29) is 11.1 Å². The summed E-state index contributed by atoms with van der Waals surface area (Å²) in [6.45, 7) is 8.19. The number of nitrogens with zero attached hydrogens (tertiary/aromatic N) is 3. The Hall–Kier alpha value is -2.77. The molecule has 0 radical (unpaired) electrons. The van der Waals surface area contributed by atoms with Gasteiger partial charge in [-0.3, -0.25) is 0 Å². The number of hydrogen-bond donors (Lipinski definition) is 1. The van der Waals surface area contributed by atoms with Crippen LogP contribution in [0.1, 0.15) is 50.2 Å². The Labute approximate surface area is 159 Å². The molecule has 0 spiro atoms. The fourth-order valence-corrected chi connectivity index (χ4v) is 3.39. The molecule has 0 saturated carbocycles. The fraction of sp³-hybridized carbons (Fsp3) is 0.526. The Morgan fingerprint density at radius 2 is 1.63 bits per heavy atom. The van der Waals surface area contributed by atoms with Gasteiger partial charge in [-0.15, -0.1) is 5.10 Å². The van der Waals surface area contributed by atoms with Crippen LogP contribution in [0.4, 0.5) is 0 Å². The number of carbonyl (C=O) groups is 1. The molecule has 0 atom stereocenters. The molecule has 0 unspecified atom stereocenters. The molecule has 0 bridgehead atoms. The first kappa shape index (κ1) is 20.5. The van der Waals surface area contributed by atoms with Crippen molar-refractivity contribution in [3.8, 4) is 17.2 Å². The smallest absolute Gasteiger partial charge is 0.358 e. The molecule has 1 aromatic heterocycles. The lowest BCUT2D eigenvalue weighted by atomic mass is 9.75. The molecule has 1 heterocycles. The van der Waals surface area contributed by atoms with Crippen LogP contribution in [0.5, 0.6) is 17.2 Å². The van der Waals surface area contributed by atoms with E-state index in [1.54, 1.807) is 26.0 Å². The van der Waals surface area contributed by atoms with E-state index in [4.69, 9.17) is 19.3 Å². The average Bonchev–Trinajstić information content (AvgIpc) is 3.10. The molecule has 148 valence electrons. The minimum Gasteiger partial charge on any atom is -0.493 e. The minimum atomic E-state index is -1.10. The van der Waals surface area contributed by atoms with Crippen molar-refractivity contribution in [1.29, 1.82) is 0 Å². The number of hydrogen-bond acceptors (Lipinski definition) is 6. The zero-order valence-corrected chi connectivity index (χ0v) is 16.9. The molecule has 0 aliphatic carbocycles. The second kappa shape index (κ2) is 7.46. The Kier molecular flexibility index (Phi) is 5.67. The van der Waals surface area contributed by atoms with Crippen LogP contribution < -0.4 is 14.2 Å². The number of rotatable bonds is 8. The second-order valence-corrected chi connectivity index (χ2v) is 7.64. The van der Waals surface area contributed by atoms with Crippen molar-refractivity contribution >= 4 is 5.97 Å². The molecule has 0 aliphatic heterocycles. The summed E-state index contributed by atoms with van der Waals surface area (Å²) in [6, 6.07) is 3.86. The molecule has 8 heteroatoms. The molecular weight excluding hydrogens is 350 g/mol. The minimum absolute atomic E-state index is 0.0753. The topological polar surface area (TPSA) is 95.7 Å². The third-order valence-corrected chi connectivity index (χ3v) is 4.65. The molecule has 0 amide bonds. The number of benzene rings is 1. The lowest BCUT2D eigenvalue weighted by Gasteiger charge is -2.35. The Morgan fingerprint density at radius 3 is 2.04 bits per heavy atom. The zero-order valence-electron chi connectivity index (χ0n) is 16.9. The predicted molar refractivity (Wildman–Crippen MR) is 100 cm³/mol. The van der Waals surface area contributed by atoms with E-state index < -0.39 is 11.5 Å². The maximum absolute atomic E-state index is 11.1. The summed E-state index contributed by atoms with van der Waals surface area (Å²) in [6.07, 6.45) is 2.12. The van der Waals surface area contributed by atoms with Gasteiger partial charge in [0.2, 0.25) is 5.75 Å². The Bertz CT molecular complexity index is 801. The summed E-state index contributed by atoms with van der Waals surface area (Å²) >= 11 is 0. The number of aromatic nitrogens is 3. The summed E-state index contributed by atoms with van der Waals surface area (Å²) in [7, 11) is 4.74. The van der Waals surface area contributed by atoms with Crippen LogP contribution in [0.25, 0.3) is 0 Å². The van der Waals surface area contributed by atoms with Gasteiger partial charge in [-0.25, -0.2) is 9.48 Å². The fourth-order valence-electron chi connectivity index (χ4n) is 3.39. The van der Waals surface area contributed by atoms with Gasteiger partial charge < -0.3 is 19.3 Å². The van der Waals surface area contributed by atoms with Crippen molar-refractivity contribution in [1.82, 2.24) is 15.0 Å². The summed E-state index contributed by atoms with van der Waals surface area (Å²) < 4.78 is 17.9. The summed E-state index contributed by atoms with van der Waals surface area (Å²) in [5.41, 5.74) is 0.160. The normalized spacial score (nSPS) is 12.0. The van der Waals surface area contributed by atoms with E-state index in [2.05, 4.69) is 24.2 Å². The van der Waals surface area contributed by atoms with Crippen molar-refractivity contribution in [3.63, 3.8) is 0 Å². The summed E-state index contributed by atoms with van der Waals surface area (Å²) in [4.78, 5) is 11.1. The number of carboxylic acids is 1. The third kappa shape index (κ3) is 4.15. The lowest BCUT2D eigenvalue weighted by Crippen LogP contribution is -2.35. The molecule has 2 rings (SSSR count). The van der Waals surface area contributed by atoms with Gasteiger partial charge in [0.1, 0.15) is 0 Å². The SMILES string of the molecule is COc1cc(C(C)(C)CC(C)(C)n2cc(C(=O)O)nn2)cc(OC)c1OC. The standard InChI is InChI=1S/C19H27N3O5/c1-18(2,11-19(3,4)22-10-13(17(23)24)20-21-22)12-8-14(25-5)16(27-7)15(9-12)26-6/h8-10H,11H2,1-7H3,(H,23,24). The maximum atomic E-state index is 11.1. The number of methoxy groups -OCH3 is 3. The molecular formula is C19H27N3O5. The molecule has 0 saturated heterocycles. The van der Waals surface area contributed by atoms with Crippen LogP contribution in [-0.4, -0.2) is 47.4 Å². The second-order valence-electron chi connectivity index (χ2n) is 7.64. The summed E-state index contributed by atoms with van der Waals surface area (Å²) in [5.74, 6) is 0.625. The molecule has 27 heavy (non-hydrogen) atoms. The first-order valence-corrected chi connectivity index (χ1v) is 8.52. The highest BCUT2D eigenvalue weighted by Crippen LogP contribution is 2.44. The monoisotopic (exact) mass is 377 g/mol. The molecule has 8 nitrogen and oxygen atoms in total. The van der Waals surface area contributed by atoms with Gasteiger partial charge in [-0.2, -0.15) is 0 Å². The number of carboxylic acid groups (broad SMARTS) is 1. The van der Waals surface area contributed by atoms with Gasteiger partial charge >= 0.3 is 5.97 Å². The van der Waals surface area contributed by atoms with Crippen molar-refractivity contribution in [3.05, 3.63) is 29.6 Å². The highest BCUT2D eigenvalue weighted by molar-refractivity contribution is 5.84. The average molecular weight is 377 g/mol. The van der Waals surface area contributed by atoms with Crippen LogP contribution in [0, 0.1) is 0 Å². The molecule has 2 aromatic rings.